The SMILES string of the molecule is COc1ccc2c(c1)C(c1ccccc1)=C(C)C2(C)O. The van der Waals surface area contributed by atoms with Crippen molar-refractivity contribution in [3.8, 4) is 5.75 Å². The molecule has 2 aromatic carbocycles. The molecule has 1 aliphatic rings. The van der Waals surface area contributed by atoms with Gasteiger partial charge in [0.05, 0.1) is 7.11 Å². The van der Waals surface area contributed by atoms with Crippen LogP contribution in [0.1, 0.15) is 30.5 Å². The Morgan fingerprint density at radius 2 is 1.75 bits per heavy atom. The van der Waals surface area contributed by atoms with Crippen molar-refractivity contribution in [1.82, 2.24) is 0 Å². The Balaban J connectivity index is 2.28. The molecule has 2 heteroatoms. The van der Waals surface area contributed by atoms with E-state index in [1.165, 1.54) is 0 Å². The van der Waals surface area contributed by atoms with Crippen molar-refractivity contribution < 1.29 is 9.84 Å². The number of fused-ring (bicyclic) bond motifs is 1. The summed E-state index contributed by atoms with van der Waals surface area (Å²) < 4.78 is 5.32. The second kappa shape index (κ2) is 4.50. The highest BCUT2D eigenvalue weighted by Gasteiger charge is 2.37. The van der Waals surface area contributed by atoms with E-state index in [2.05, 4.69) is 12.1 Å². The molecule has 0 saturated heterocycles. The van der Waals surface area contributed by atoms with Gasteiger partial charge >= 0.3 is 0 Å². The minimum atomic E-state index is -0.924. The van der Waals surface area contributed by atoms with Crippen LogP contribution in [0.2, 0.25) is 0 Å². The standard InChI is InChI=1S/C18H18O2/c1-12-17(13-7-5-4-6-8-13)15-11-14(20-3)9-10-16(15)18(12,2)19/h4-11,19H,1-3H3. The molecule has 1 atom stereocenters. The van der Waals surface area contributed by atoms with Crippen molar-refractivity contribution in [1.29, 1.82) is 0 Å². The van der Waals surface area contributed by atoms with E-state index in [0.717, 1.165) is 33.6 Å². The van der Waals surface area contributed by atoms with Crippen LogP contribution in [0.4, 0.5) is 0 Å². The van der Waals surface area contributed by atoms with Crippen molar-refractivity contribution in [2.75, 3.05) is 7.11 Å². The zero-order chi connectivity index (χ0) is 14.3. The van der Waals surface area contributed by atoms with E-state index in [9.17, 15) is 5.11 Å². The molecular formula is C18H18O2. The van der Waals surface area contributed by atoms with E-state index in [0.29, 0.717) is 0 Å². The molecule has 0 aromatic heterocycles. The second-order valence-electron chi connectivity index (χ2n) is 5.35. The van der Waals surface area contributed by atoms with E-state index < -0.39 is 5.60 Å². The quantitative estimate of drug-likeness (QED) is 0.897. The maximum atomic E-state index is 10.8. The molecule has 102 valence electrons. The summed E-state index contributed by atoms with van der Waals surface area (Å²) in [5.74, 6) is 0.808. The lowest BCUT2D eigenvalue weighted by Crippen LogP contribution is -2.19. The molecule has 2 nitrogen and oxygen atoms in total. The average Bonchev–Trinajstić information content (AvgIpc) is 2.67. The molecule has 3 rings (SSSR count). The number of rotatable bonds is 2. The largest absolute Gasteiger partial charge is 0.497 e. The maximum absolute atomic E-state index is 10.8. The Kier molecular flexibility index (Phi) is 2.91. The van der Waals surface area contributed by atoms with Crippen LogP contribution in [0.3, 0.4) is 0 Å². The Labute approximate surface area is 119 Å². The van der Waals surface area contributed by atoms with Gasteiger partial charge in [0, 0.05) is 0 Å². The maximum Gasteiger partial charge on any atom is 0.119 e. The van der Waals surface area contributed by atoms with Crippen molar-refractivity contribution in [2.45, 2.75) is 19.4 Å². The van der Waals surface area contributed by atoms with Gasteiger partial charge in [0.1, 0.15) is 11.4 Å². The van der Waals surface area contributed by atoms with E-state index in [-0.39, 0.29) is 0 Å². The highest BCUT2D eigenvalue weighted by molar-refractivity contribution is 5.89. The summed E-state index contributed by atoms with van der Waals surface area (Å²) in [6.07, 6.45) is 0. The molecule has 0 saturated carbocycles. The highest BCUT2D eigenvalue weighted by atomic mass is 16.5. The van der Waals surface area contributed by atoms with Gasteiger partial charge in [-0.05, 0) is 53.8 Å². The zero-order valence-corrected chi connectivity index (χ0v) is 12.0. The van der Waals surface area contributed by atoms with Crippen LogP contribution < -0.4 is 4.74 Å². The first-order chi connectivity index (χ1) is 9.55. The molecule has 0 radical (unpaired) electrons. The topological polar surface area (TPSA) is 29.5 Å². The number of hydrogen-bond donors (Lipinski definition) is 1. The van der Waals surface area contributed by atoms with Gasteiger partial charge in [0.25, 0.3) is 0 Å². The van der Waals surface area contributed by atoms with Crippen LogP contribution in [0.15, 0.2) is 54.1 Å². The predicted molar refractivity (Wildman–Crippen MR) is 80.7 cm³/mol. The molecule has 1 N–H and O–H groups in total. The lowest BCUT2D eigenvalue weighted by molar-refractivity contribution is 0.102. The van der Waals surface area contributed by atoms with Gasteiger partial charge in [0.2, 0.25) is 0 Å². The van der Waals surface area contributed by atoms with Crippen LogP contribution in [0, 0.1) is 0 Å². The van der Waals surface area contributed by atoms with E-state index >= 15 is 0 Å². The fraction of sp³-hybridized carbons (Fsp3) is 0.222. The van der Waals surface area contributed by atoms with E-state index in [1.807, 2.05) is 50.2 Å². The number of methoxy groups -OCH3 is 1. The molecule has 0 fully saturated rings. The monoisotopic (exact) mass is 266 g/mol. The fourth-order valence-electron chi connectivity index (χ4n) is 2.91. The first-order valence-electron chi connectivity index (χ1n) is 6.73. The van der Waals surface area contributed by atoms with Crippen LogP contribution in [-0.2, 0) is 5.60 Å². The number of hydrogen-bond acceptors (Lipinski definition) is 2. The van der Waals surface area contributed by atoms with Crippen LogP contribution in [0.5, 0.6) is 5.75 Å². The van der Waals surface area contributed by atoms with Crippen molar-refractivity contribution in [3.05, 3.63) is 70.8 Å². The van der Waals surface area contributed by atoms with Gasteiger partial charge in [-0.1, -0.05) is 36.4 Å². The molecule has 20 heavy (non-hydrogen) atoms. The zero-order valence-electron chi connectivity index (χ0n) is 12.0. The average molecular weight is 266 g/mol. The second-order valence-corrected chi connectivity index (χ2v) is 5.35. The minimum Gasteiger partial charge on any atom is -0.497 e. The third kappa shape index (κ3) is 1.76. The fourth-order valence-corrected chi connectivity index (χ4v) is 2.91. The smallest absolute Gasteiger partial charge is 0.119 e. The molecule has 0 amide bonds. The molecule has 0 bridgehead atoms. The summed E-state index contributed by atoms with van der Waals surface area (Å²) in [6, 6.07) is 16.0. The molecule has 0 heterocycles. The first kappa shape index (κ1) is 12.9. The summed E-state index contributed by atoms with van der Waals surface area (Å²) >= 11 is 0. The van der Waals surface area contributed by atoms with Crippen molar-refractivity contribution in [2.24, 2.45) is 0 Å². The lowest BCUT2D eigenvalue weighted by atomic mass is 9.93. The minimum absolute atomic E-state index is 0.808. The third-order valence-electron chi connectivity index (χ3n) is 4.19. The Morgan fingerprint density at radius 1 is 1.05 bits per heavy atom. The molecule has 0 aliphatic heterocycles. The summed E-state index contributed by atoms with van der Waals surface area (Å²) in [4.78, 5) is 0. The summed E-state index contributed by atoms with van der Waals surface area (Å²) in [5, 5.41) is 10.8. The first-order valence-corrected chi connectivity index (χ1v) is 6.73. The molecule has 0 spiro atoms. The number of ether oxygens (including phenoxy) is 1. The van der Waals surface area contributed by atoms with Gasteiger partial charge in [-0.2, -0.15) is 0 Å². The molecular weight excluding hydrogens is 248 g/mol. The normalized spacial score (nSPS) is 21.0. The molecule has 2 aromatic rings. The number of benzene rings is 2. The summed E-state index contributed by atoms with van der Waals surface area (Å²) in [7, 11) is 1.66. The van der Waals surface area contributed by atoms with E-state index in [4.69, 9.17) is 4.74 Å². The van der Waals surface area contributed by atoms with Crippen molar-refractivity contribution >= 4 is 5.57 Å². The molecule has 1 aliphatic carbocycles. The number of aliphatic hydroxyl groups is 1. The van der Waals surface area contributed by atoms with Crippen LogP contribution in [-0.4, -0.2) is 12.2 Å². The van der Waals surface area contributed by atoms with Gasteiger partial charge < -0.3 is 9.84 Å². The van der Waals surface area contributed by atoms with Crippen LogP contribution >= 0.6 is 0 Å². The Hall–Kier alpha value is -2.06. The van der Waals surface area contributed by atoms with Gasteiger partial charge in [-0.15, -0.1) is 0 Å². The predicted octanol–water partition coefficient (Wildman–Crippen LogP) is 3.74. The van der Waals surface area contributed by atoms with Crippen LogP contribution in [0.25, 0.3) is 5.57 Å². The van der Waals surface area contributed by atoms with Gasteiger partial charge in [-0.25, -0.2) is 0 Å². The van der Waals surface area contributed by atoms with Crippen molar-refractivity contribution in [3.63, 3.8) is 0 Å². The van der Waals surface area contributed by atoms with Gasteiger partial charge in [0.15, 0.2) is 0 Å². The summed E-state index contributed by atoms with van der Waals surface area (Å²) in [6.45, 7) is 3.85. The van der Waals surface area contributed by atoms with Gasteiger partial charge in [-0.3, -0.25) is 0 Å². The lowest BCUT2D eigenvalue weighted by Gasteiger charge is -2.20. The summed E-state index contributed by atoms with van der Waals surface area (Å²) in [5.41, 5.74) is 4.27. The molecule has 1 unspecified atom stereocenters. The Bertz CT molecular complexity index is 682. The third-order valence-corrected chi connectivity index (χ3v) is 4.19. The Morgan fingerprint density at radius 3 is 2.40 bits per heavy atom. The highest BCUT2D eigenvalue weighted by Crippen LogP contribution is 2.47. The van der Waals surface area contributed by atoms with E-state index in [1.54, 1.807) is 7.11 Å².